The van der Waals surface area contributed by atoms with Crippen molar-refractivity contribution in [2.45, 2.75) is 6.42 Å². The molecule has 0 radical (unpaired) electrons. The predicted octanol–water partition coefficient (Wildman–Crippen LogP) is 2.25. The van der Waals surface area contributed by atoms with Gasteiger partial charge < -0.3 is 20.1 Å². The zero-order valence-electron chi connectivity index (χ0n) is 14.4. The van der Waals surface area contributed by atoms with Crippen LogP contribution in [-0.2, 0) is 16.0 Å². The van der Waals surface area contributed by atoms with E-state index in [-0.39, 0.29) is 18.4 Å². The van der Waals surface area contributed by atoms with Crippen molar-refractivity contribution < 1.29 is 19.1 Å². The van der Waals surface area contributed by atoms with Gasteiger partial charge in [-0.15, -0.1) is 0 Å². The van der Waals surface area contributed by atoms with Crippen LogP contribution in [0.1, 0.15) is 15.9 Å². The Hall–Kier alpha value is -3.02. The van der Waals surface area contributed by atoms with E-state index in [1.54, 1.807) is 31.4 Å². The van der Waals surface area contributed by atoms with Gasteiger partial charge in [0.2, 0.25) is 5.91 Å². The van der Waals surface area contributed by atoms with E-state index in [2.05, 4.69) is 15.4 Å². The fourth-order valence-corrected chi connectivity index (χ4v) is 2.26. The summed E-state index contributed by atoms with van der Waals surface area (Å²) in [6.07, 6.45) is 0.733. The van der Waals surface area contributed by atoms with Gasteiger partial charge in [-0.25, -0.2) is 4.79 Å². The fraction of sp³-hybridized carbons (Fsp3) is 0.263. The van der Waals surface area contributed by atoms with Crippen molar-refractivity contribution in [3.8, 4) is 5.75 Å². The molecule has 0 heterocycles. The number of hydrogen-bond donors (Lipinski definition) is 2. The molecule has 2 N–H and O–H groups in total. The van der Waals surface area contributed by atoms with Crippen LogP contribution >= 0.6 is 0 Å². The Labute approximate surface area is 147 Å². The van der Waals surface area contributed by atoms with Crippen molar-refractivity contribution in [2.75, 3.05) is 32.6 Å². The summed E-state index contributed by atoms with van der Waals surface area (Å²) in [5.74, 6) is 0.322. The second-order valence-corrected chi connectivity index (χ2v) is 5.37. The summed E-state index contributed by atoms with van der Waals surface area (Å²) < 4.78 is 9.81. The maximum absolute atomic E-state index is 11.9. The van der Waals surface area contributed by atoms with E-state index in [0.29, 0.717) is 12.1 Å². The average Bonchev–Trinajstić information content (AvgIpc) is 2.66. The minimum Gasteiger partial charge on any atom is -0.497 e. The molecule has 0 aliphatic heterocycles. The third-order valence-electron chi connectivity index (χ3n) is 3.63. The number of carbonyl (C=O) groups is 2. The first-order chi connectivity index (χ1) is 12.1. The Balaban J connectivity index is 1.72. The minimum atomic E-state index is -0.387. The van der Waals surface area contributed by atoms with E-state index in [1.165, 1.54) is 7.11 Å². The lowest BCUT2D eigenvalue weighted by atomic mass is 10.1. The van der Waals surface area contributed by atoms with Crippen LogP contribution in [-0.4, -0.2) is 39.2 Å². The number of amides is 1. The predicted molar refractivity (Wildman–Crippen MR) is 96.0 cm³/mol. The van der Waals surface area contributed by atoms with Crippen molar-refractivity contribution in [3.05, 3.63) is 59.7 Å². The summed E-state index contributed by atoms with van der Waals surface area (Å²) in [7, 11) is 2.97. The normalized spacial score (nSPS) is 10.0. The van der Waals surface area contributed by atoms with E-state index in [9.17, 15) is 9.59 Å². The Bertz CT molecular complexity index is 714. The summed E-state index contributed by atoms with van der Waals surface area (Å²) in [6.45, 7) is 0.713. The van der Waals surface area contributed by atoms with Crippen molar-refractivity contribution in [1.29, 1.82) is 0 Å². The molecule has 2 aromatic carbocycles. The molecule has 0 fully saturated rings. The number of benzene rings is 2. The maximum Gasteiger partial charge on any atom is 0.337 e. The van der Waals surface area contributed by atoms with Crippen LogP contribution in [0.15, 0.2) is 48.5 Å². The molecular weight excluding hydrogens is 320 g/mol. The van der Waals surface area contributed by atoms with Gasteiger partial charge in [0.1, 0.15) is 5.75 Å². The minimum absolute atomic E-state index is 0.0973. The lowest BCUT2D eigenvalue weighted by Crippen LogP contribution is -2.31. The molecule has 0 saturated carbocycles. The monoisotopic (exact) mass is 342 g/mol. The van der Waals surface area contributed by atoms with Crippen molar-refractivity contribution in [1.82, 2.24) is 5.32 Å². The van der Waals surface area contributed by atoms with Gasteiger partial charge in [0.25, 0.3) is 0 Å². The molecular formula is C19H22N2O4. The Morgan fingerprint density at radius 1 is 1.04 bits per heavy atom. The number of ether oxygens (including phenoxy) is 2. The molecule has 2 aromatic rings. The molecule has 25 heavy (non-hydrogen) atoms. The second-order valence-electron chi connectivity index (χ2n) is 5.37. The van der Waals surface area contributed by atoms with Crippen LogP contribution in [0.25, 0.3) is 0 Å². The summed E-state index contributed by atoms with van der Waals surface area (Å²) in [5.41, 5.74) is 2.33. The van der Waals surface area contributed by atoms with E-state index in [4.69, 9.17) is 4.74 Å². The van der Waals surface area contributed by atoms with Gasteiger partial charge in [-0.1, -0.05) is 12.1 Å². The van der Waals surface area contributed by atoms with Crippen molar-refractivity contribution in [2.24, 2.45) is 0 Å². The highest BCUT2D eigenvalue weighted by atomic mass is 16.5. The van der Waals surface area contributed by atoms with Crippen LogP contribution in [0.3, 0.4) is 0 Å². The van der Waals surface area contributed by atoms with E-state index >= 15 is 0 Å². The van der Waals surface area contributed by atoms with Gasteiger partial charge in [-0.2, -0.15) is 0 Å². The standard InChI is InChI=1S/C19H22N2O4/c1-24-17-5-3-4-14(12-17)10-11-20-18(22)13-21-16-8-6-15(7-9-16)19(23)25-2/h3-9,12,21H,10-11,13H2,1-2H3,(H,20,22). The SMILES string of the molecule is COC(=O)c1ccc(NCC(=O)NCCc2cccc(OC)c2)cc1. The molecule has 132 valence electrons. The number of esters is 1. The smallest absolute Gasteiger partial charge is 0.337 e. The van der Waals surface area contributed by atoms with E-state index in [1.807, 2.05) is 24.3 Å². The van der Waals surface area contributed by atoms with Crippen molar-refractivity contribution in [3.63, 3.8) is 0 Å². The molecule has 6 nitrogen and oxygen atoms in total. The molecule has 0 aliphatic rings. The number of hydrogen-bond acceptors (Lipinski definition) is 5. The number of nitrogens with one attached hydrogen (secondary N) is 2. The average molecular weight is 342 g/mol. The van der Waals surface area contributed by atoms with E-state index in [0.717, 1.165) is 23.4 Å². The molecule has 0 atom stereocenters. The maximum atomic E-state index is 11.9. The third-order valence-corrected chi connectivity index (χ3v) is 3.63. The lowest BCUT2D eigenvalue weighted by molar-refractivity contribution is -0.119. The summed E-state index contributed by atoms with van der Waals surface area (Å²) in [5, 5.41) is 5.87. The Morgan fingerprint density at radius 3 is 2.48 bits per heavy atom. The Morgan fingerprint density at radius 2 is 1.80 bits per heavy atom. The largest absolute Gasteiger partial charge is 0.497 e. The van der Waals surface area contributed by atoms with Crippen LogP contribution in [0.5, 0.6) is 5.75 Å². The third kappa shape index (κ3) is 5.84. The van der Waals surface area contributed by atoms with E-state index < -0.39 is 0 Å². The zero-order valence-corrected chi connectivity index (χ0v) is 14.4. The summed E-state index contributed by atoms with van der Waals surface area (Å²) >= 11 is 0. The summed E-state index contributed by atoms with van der Waals surface area (Å²) in [4.78, 5) is 23.2. The lowest BCUT2D eigenvalue weighted by Gasteiger charge is -2.09. The number of carbonyl (C=O) groups excluding carboxylic acids is 2. The topological polar surface area (TPSA) is 76.7 Å². The molecule has 2 rings (SSSR count). The van der Waals surface area contributed by atoms with Crippen molar-refractivity contribution >= 4 is 17.6 Å². The first kappa shape index (κ1) is 18.3. The molecule has 0 bridgehead atoms. The van der Waals surface area contributed by atoms with Crippen LogP contribution in [0, 0.1) is 0 Å². The van der Waals surface area contributed by atoms with Gasteiger partial charge in [-0.05, 0) is 48.4 Å². The van der Waals surface area contributed by atoms with Gasteiger partial charge in [-0.3, -0.25) is 4.79 Å². The van der Waals surface area contributed by atoms with Gasteiger partial charge in [0.05, 0.1) is 26.3 Å². The number of rotatable bonds is 8. The van der Waals surface area contributed by atoms with Crippen LogP contribution in [0.4, 0.5) is 5.69 Å². The molecule has 6 heteroatoms. The summed E-state index contributed by atoms with van der Waals surface area (Å²) in [6, 6.07) is 14.5. The zero-order chi connectivity index (χ0) is 18.1. The van der Waals surface area contributed by atoms with Gasteiger partial charge in [0.15, 0.2) is 0 Å². The van der Waals surface area contributed by atoms with Crippen LogP contribution in [0.2, 0.25) is 0 Å². The molecule has 1 amide bonds. The second kappa shape index (κ2) is 9.32. The molecule has 0 unspecified atom stereocenters. The highest BCUT2D eigenvalue weighted by Gasteiger charge is 2.05. The van der Waals surface area contributed by atoms with Crippen LogP contribution < -0.4 is 15.4 Å². The molecule has 0 spiro atoms. The van der Waals surface area contributed by atoms with Gasteiger partial charge in [0, 0.05) is 12.2 Å². The molecule has 0 saturated heterocycles. The fourth-order valence-electron chi connectivity index (χ4n) is 2.26. The highest BCUT2D eigenvalue weighted by Crippen LogP contribution is 2.12. The first-order valence-electron chi connectivity index (χ1n) is 7.94. The van der Waals surface area contributed by atoms with Gasteiger partial charge >= 0.3 is 5.97 Å². The Kier molecular flexibility index (Phi) is 6.83. The molecule has 0 aromatic heterocycles. The highest BCUT2D eigenvalue weighted by molar-refractivity contribution is 5.89. The number of anilines is 1. The quantitative estimate of drug-likeness (QED) is 0.720. The first-order valence-corrected chi connectivity index (χ1v) is 7.94. The number of methoxy groups -OCH3 is 2. The molecule has 0 aliphatic carbocycles.